The summed E-state index contributed by atoms with van der Waals surface area (Å²) in [5.74, 6) is 0. The first-order chi connectivity index (χ1) is 4.39. The molecule has 0 spiro atoms. The van der Waals surface area contributed by atoms with Crippen LogP contribution in [0.4, 0.5) is 0 Å². The minimum atomic E-state index is 0.605. The molecule has 0 fully saturated rings. The van der Waals surface area contributed by atoms with Crippen molar-refractivity contribution in [3.05, 3.63) is 24.6 Å². The quantitative estimate of drug-likeness (QED) is 0.486. The van der Waals surface area contributed by atoms with Gasteiger partial charge in [-0.15, -0.1) is 0 Å². The molecule has 2 heteroatoms. The van der Waals surface area contributed by atoms with Gasteiger partial charge in [0.25, 0.3) is 0 Å². The summed E-state index contributed by atoms with van der Waals surface area (Å²) in [6, 6.07) is 0. The number of nitrogens with one attached hydrogen (secondary N) is 1. The molecular weight excluding hydrogens is 100 g/mol. The van der Waals surface area contributed by atoms with Gasteiger partial charge in [0, 0.05) is 19.0 Å². The normalized spacial score (nSPS) is 20.0. The second kappa shape index (κ2) is 3.02. The van der Waals surface area contributed by atoms with Crippen LogP contribution in [0, 0.1) is 0 Å². The van der Waals surface area contributed by atoms with Crippen LogP contribution in [0.5, 0.6) is 0 Å². The van der Waals surface area contributed by atoms with Crippen LogP contribution < -0.4 is 5.31 Å². The maximum atomic E-state index is 7.14. The topological polar surface area (TPSA) is 24.4 Å². The monoisotopic (exact) mass is 109 g/mol. The number of aliphatic imine (C=N–C) groups is 1. The van der Waals surface area contributed by atoms with Crippen LogP contribution in [0.3, 0.4) is 0 Å². The predicted molar refractivity (Wildman–Crippen MR) is 34.8 cm³/mol. The van der Waals surface area contributed by atoms with Crippen molar-refractivity contribution < 1.29 is 1.41 Å². The van der Waals surface area contributed by atoms with Crippen molar-refractivity contribution in [1.29, 1.82) is 0 Å². The van der Waals surface area contributed by atoms with Crippen molar-refractivity contribution in [1.82, 2.24) is 5.31 Å². The van der Waals surface area contributed by atoms with Crippen molar-refractivity contribution >= 4 is 6.21 Å². The van der Waals surface area contributed by atoms with E-state index in [0.29, 0.717) is 6.54 Å². The zero-order valence-electron chi connectivity index (χ0n) is 5.49. The smallest absolute Gasteiger partial charge is 0.160 e. The highest BCUT2D eigenvalue weighted by molar-refractivity contribution is 5.71. The molecule has 0 unspecified atom stereocenters. The lowest BCUT2D eigenvalue weighted by Gasteiger charge is -1.92. The molecule has 2 nitrogen and oxygen atoms in total. The van der Waals surface area contributed by atoms with Crippen LogP contribution in [0.15, 0.2) is 29.5 Å². The minimum absolute atomic E-state index is 0.605. The van der Waals surface area contributed by atoms with Gasteiger partial charge < -0.3 is 5.31 Å². The first kappa shape index (κ1) is 3.89. The summed E-state index contributed by atoms with van der Waals surface area (Å²) in [6.07, 6.45) is 8.55. The third-order valence-electron chi connectivity index (χ3n) is 0.766. The van der Waals surface area contributed by atoms with Crippen molar-refractivity contribution in [3.8, 4) is 0 Å². The molecule has 1 heterocycles. The zero-order chi connectivity index (χ0) is 6.53. The fourth-order valence-corrected chi connectivity index (χ4v) is 0.428. The lowest BCUT2D eigenvalue weighted by Crippen LogP contribution is -2.03. The van der Waals surface area contributed by atoms with E-state index in [4.69, 9.17) is 1.41 Å². The summed E-state index contributed by atoms with van der Waals surface area (Å²) in [5, 5.41) is 1.34. The van der Waals surface area contributed by atoms with Crippen molar-refractivity contribution in [2.75, 3.05) is 6.54 Å². The van der Waals surface area contributed by atoms with Gasteiger partial charge in [-0.1, -0.05) is 0 Å². The van der Waals surface area contributed by atoms with Crippen molar-refractivity contribution in [2.45, 2.75) is 0 Å². The number of hydrogen-bond acceptors (Lipinski definition) is 2. The summed E-state index contributed by atoms with van der Waals surface area (Å²) in [4.78, 5) is 3.86. The van der Waals surface area contributed by atoms with Gasteiger partial charge in [0.1, 0.15) is 0 Å². The van der Waals surface area contributed by atoms with Gasteiger partial charge in [-0.25, -0.2) is 0 Å². The lowest BCUT2D eigenvalue weighted by molar-refractivity contribution is 0.982. The highest BCUT2D eigenvalue weighted by Crippen LogP contribution is 1.76. The molecule has 1 rings (SSSR count). The molecule has 1 aliphatic rings. The molecular formula is C6H8N2. The molecule has 0 amide bonds. The zero-order valence-corrected chi connectivity index (χ0v) is 4.49. The molecule has 0 atom stereocenters. The molecule has 1 aliphatic heterocycles. The van der Waals surface area contributed by atoms with E-state index in [2.05, 4.69) is 4.99 Å². The molecule has 0 bridgehead atoms. The Kier molecular flexibility index (Phi) is 1.47. The molecule has 0 saturated carbocycles. The average Bonchev–Trinajstić information content (AvgIpc) is 1.79. The van der Waals surface area contributed by atoms with E-state index in [1.807, 2.05) is 6.08 Å². The summed E-state index contributed by atoms with van der Waals surface area (Å²) < 4.78 is 7.14. The van der Waals surface area contributed by atoms with Gasteiger partial charge >= 0.3 is 0 Å². The summed E-state index contributed by atoms with van der Waals surface area (Å²) in [5.41, 5.74) is 0. The van der Waals surface area contributed by atoms with Gasteiger partial charge in [-0.2, -0.15) is 0 Å². The van der Waals surface area contributed by atoms with Gasteiger partial charge in [-0.3, -0.25) is 4.99 Å². The fourth-order valence-electron chi connectivity index (χ4n) is 0.428. The van der Waals surface area contributed by atoms with E-state index < -0.39 is 0 Å². The Bertz CT molecular complexity index is 160. The Balaban J connectivity index is 2.59. The van der Waals surface area contributed by atoms with Crippen LogP contribution in [0.2, 0.25) is 1.41 Å². The Morgan fingerprint density at radius 1 is 1.75 bits per heavy atom. The summed E-state index contributed by atoms with van der Waals surface area (Å²) in [6.45, 7) is 0.605. The number of nitrogens with zero attached hydrogens (tertiary/aromatic N) is 1. The molecule has 42 valence electrons. The summed E-state index contributed by atoms with van der Waals surface area (Å²) >= 11 is 0. The van der Waals surface area contributed by atoms with E-state index in [-0.39, 0.29) is 0 Å². The van der Waals surface area contributed by atoms with Crippen LogP contribution in [0.25, 0.3) is 0 Å². The third-order valence-corrected chi connectivity index (χ3v) is 0.766. The maximum Gasteiger partial charge on any atom is 0.160 e. The number of allylic oxidation sites excluding steroid dienone is 1. The third kappa shape index (κ3) is 1.60. The van der Waals surface area contributed by atoms with Crippen molar-refractivity contribution in [2.24, 2.45) is 4.99 Å². The van der Waals surface area contributed by atoms with Crippen LogP contribution in [-0.4, -0.2) is 12.8 Å². The molecule has 0 saturated heterocycles. The Morgan fingerprint density at radius 2 is 2.75 bits per heavy atom. The maximum absolute atomic E-state index is 7.14. The fraction of sp³-hybridized carbons (Fsp3) is 0.167. The Hall–Kier alpha value is -1.05. The highest BCUT2D eigenvalue weighted by Gasteiger charge is 1.72. The van der Waals surface area contributed by atoms with Crippen LogP contribution in [-0.2, 0) is 0 Å². The first-order valence-electron chi connectivity index (χ1n) is 2.95. The number of rotatable bonds is 0. The average molecular weight is 109 g/mol. The van der Waals surface area contributed by atoms with E-state index >= 15 is 0 Å². The molecule has 1 N–H and O–H groups in total. The number of hydrogen-bond donors (Lipinski definition) is 1. The largest absolute Gasteiger partial charge is 0.387 e. The molecule has 0 aromatic rings. The Morgan fingerprint density at radius 3 is 3.75 bits per heavy atom. The van der Waals surface area contributed by atoms with Crippen LogP contribution in [0.1, 0.15) is 0 Å². The summed E-state index contributed by atoms with van der Waals surface area (Å²) in [7, 11) is 0. The van der Waals surface area contributed by atoms with E-state index in [9.17, 15) is 0 Å². The second-order valence-corrected chi connectivity index (χ2v) is 1.39. The predicted octanol–water partition coefficient (Wildman–Crippen LogP) is 0.688. The molecule has 0 aromatic heterocycles. The van der Waals surface area contributed by atoms with Gasteiger partial charge in [0.05, 0.1) is 0 Å². The van der Waals surface area contributed by atoms with Gasteiger partial charge in [0.15, 0.2) is 1.41 Å². The molecule has 8 heavy (non-hydrogen) atoms. The van der Waals surface area contributed by atoms with E-state index in [1.54, 1.807) is 24.7 Å². The Labute approximate surface area is 50.1 Å². The lowest BCUT2D eigenvalue weighted by atomic mass is 10.5. The van der Waals surface area contributed by atoms with E-state index in [0.717, 1.165) is 0 Å². The SMILES string of the molecule is [2H]N1C=CC=NC=CC1. The van der Waals surface area contributed by atoms with E-state index in [1.165, 1.54) is 5.31 Å². The minimum Gasteiger partial charge on any atom is -0.387 e. The van der Waals surface area contributed by atoms with Crippen molar-refractivity contribution in [3.63, 3.8) is 0 Å². The standard InChI is InChI=1S/C6H8N2/c1-3-7-5-2-6-8-4-1/h1-5,8H,6H2/i/hD. The first-order valence-corrected chi connectivity index (χ1v) is 2.50. The second-order valence-electron chi connectivity index (χ2n) is 1.39. The molecule has 0 radical (unpaired) electrons. The van der Waals surface area contributed by atoms with Crippen LogP contribution >= 0.6 is 0 Å². The van der Waals surface area contributed by atoms with Gasteiger partial charge in [0.2, 0.25) is 0 Å². The molecule has 0 aromatic carbocycles. The molecule has 0 aliphatic carbocycles. The highest BCUT2D eigenvalue weighted by atomic mass is 14.8. The van der Waals surface area contributed by atoms with Gasteiger partial charge in [-0.05, 0) is 18.4 Å².